The van der Waals surface area contributed by atoms with Crippen LogP contribution in [-0.4, -0.2) is 0 Å². The van der Waals surface area contributed by atoms with Gasteiger partial charge in [0.25, 0.3) is 0 Å². The van der Waals surface area contributed by atoms with E-state index in [2.05, 4.69) is 24.4 Å². The number of halogens is 2. The first-order valence-corrected chi connectivity index (χ1v) is 8.83. The molecule has 0 aliphatic carbocycles. The highest BCUT2D eigenvalue weighted by atomic mass is 35.5. The SMILES string of the molecule is Cc1ccccc1NCc1ccc(OCc2ccccc2Cl)c(Cl)c1. The lowest BCUT2D eigenvalue weighted by atomic mass is 10.1. The largest absolute Gasteiger partial charge is 0.487 e. The summed E-state index contributed by atoms with van der Waals surface area (Å²) in [6, 6.07) is 21.7. The highest BCUT2D eigenvalue weighted by molar-refractivity contribution is 6.32. The van der Waals surface area contributed by atoms with Crippen molar-refractivity contribution in [3.05, 3.63) is 93.5 Å². The van der Waals surface area contributed by atoms with Gasteiger partial charge in [-0.15, -0.1) is 0 Å². The number of hydrogen-bond acceptors (Lipinski definition) is 2. The summed E-state index contributed by atoms with van der Waals surface area (Å²) in [6.45, 7) is 3.18. The Morgan fingerprint density at radius 2 is 1.64 bits per heavy atom. The molecule has 2 nitrogen and oxygen atoms in total. The highest BCUT2D eigenvalue weighted by Gasteiger charge is 2.06. The van der Waals surface area contributed by atoms with Crippen molar-refractivity contribution in [2.75, 3.05) is 5.32 Å². The van der Waals surface area contributed by atoms with Gasteiger partial charge in [-0.05, 0) is 42.3 Å². The van der Waals surface area contributed by atoms with Crippen LogP contribution in [0.3, 0.4) is 0 Å². The van der Waals surface area contributed by atoms with Crippen LogP contribution in [0.4, 0.5) is 5.69 Å². The van der Waals surface area contributed by atoms with Crippen molar-refractivity contribution in [2.45, 2.75) is 20.1 Å². The summed E-state index contributed by atoms with van der Waals surface area (Å²) in [5.41, 5.74) is 4.37. The third-order valence-corrected chi connectivity index (χ3v) is 4.63. The standard InChI is InChI=1S/C21H19Cl2NO/c1-15-6-2-5-9-20(15)24-13-16-10-11-21(19(23)12-16)25-14-17-7-3-4-8-18(17)22/h2-12,24H,13-14H2,1H3. The fraction of sp³-hybridized carbons (Fsp3) is 0.143. The van der Waals surface area contributed by atoms with Gasteiger partial charge in [0, 0.05) is 22.8 Å². The maximum atomic E-state index is 6.36. The van der Waals surface area contributed by atoms with Crippen molar-refractivity contribution in [3.63, 3.8) is 0 Å². The van der Waals surface area contributed by atoms with Crippen molar-refractivity contribution in [1.29, 1.82) is 0 Å². The number of hydrogen-bond donors (Lipinski definition) is 1. The van der Waals surface area contributed by atoms with E-state index >= 15 is 0 Å². The number of nitrogens with one attached hydrogen (secondary N) is 1. The van der Waals surface area contributed by atoms with Crippen LogP contribution in [0.25, 0.3) is 0 Å². The zero-order chi connectivity index (χ0) is 17.6. The normalized spacial score (nSPS) is 10.5. The predicted molar refractivity (Wildman–Crippen MR) is 106 cm³/mol. The number of ether oxygens (including phenoxy) is 1. The van der Waals surface area contributed by atoms with Crippen LogP contribution in [0.5, 0.6) is 5.75 Å². The van der Waals surface area contributed by atoms with Gasteiger partial charge in [0.1, 0.15) is 12.4 Å². The Bertz CT molecular complexity index is 864. The summed E-state index contributed by atoms with van der Waals surface area (Å²) < 4.78 is 5.80. The van der Waals surface area contributed by atoms with E-state index < -0.39 is 0 Å². The maximum absolute atomic E-state index is 6.36. The average molecular weight is 372 g/mol. The van der Waals surface area contributed by atoms with Crippen molar-refractivity contribution >= 4 is 28.9 Å². The van der Waals surface area contributed by atoms with Gasteiger partial charge in [-0.2, -0.15) is 0 Å². The lowest BCUT2D eigenvalue weighted by molar-refractivity contribution is 0.306. The lowest BCUT2D eigenvalue weighted by Gasteiger charge is -2.12. The second-order valence-electron chi connectivity index (χ2n) is 5.81. The van der Waals surface area contributed by atoms with E-state index in [1.54, 1.807) is 0 Å². The van der Waals surface area contributed by atoms with Gasteiger partial charge in [-0.1, -0.05) is 65.7 Å². The Morgan fingerprint density at radius 3 is 2.40 bits per heavy atom. The number of benzene rings is 3. The molecule has 0 amide bonds. The molecule has 3 aromatic rings. The van der Waals surface area contributed by atoms with Crippen molar-refractivity contribution in [2.24, 2.45) is 0 Å². The molecular weight excluding hydrogens is 353 g/mol. The van der Waals surface area contributed by atoms with E-state index in [1.165, 1.54) is 5.56 Å². The molecule has 0 aliphatic rings. The van der Waals surface area contributed by atoms with Crippen LogP contribution in [0.1, 0.15) is 16.7 Å². The van der Waals surface area contributed by atoms with Crippen LogP contribution in [0.15, 0.2) is 66.7 Å². The summed E-state index contributed by atoms with van der Waals surface area (Å²) in [7, 11) is 0. The molecule has 0 radical (unpaired) electrons. The molecule has 0 saturated heterocycles. The third-order valence-electron chi connectivity index (χ3n) is 3.97. The molecule has 1 N–H and O–H groups in total. The molecule has 25 heavy (non-hydrogen) atoms. The maximum Gasteiger partial charge on any atom is 0.138 e. The molecule has 0 unspecified atom stereocenters. The minimum Gasteiger partial charge on any atom is -0.487 e. The molecule has 0 spiro atoms. The monoisotopic (exact) mass is 371 g/mol. The summed E-state index contributed by atoms with van der Waals surface area (Å²) in [6.07, 6.45) is 0. The Hall–Kier alpha value is -2.16. The summed E-state index contributed by atoms with van der Waals surface area (Å²) >= 11 is 12.5. The third kappa shape index (κ3) is 4.68. The first-order valence-electron chi connectivity index (χ1n) is 8.07. The smallest absolute Gasteiger partial charge is 0.138 e. The molecule has 0 fully saturated rings. The molecule has 3 rings (SSSR count). The van der Waals surface area contributed by atoms with Crippen molar-refractivity contribution in [3.8, 4) is 5.75 Å². The molecule has 128 valence electrons. The number of para-hydroxylation sites is 1. The Morgan fingerprint density at radius 1 is 0.880 bits per heavy atom. The van der Waals surface area contributed by atoms with E-state index in [0.717, 1.165) is 16.8 Å². The number of aryl methyl sites for hydroxylation is 1. The first kappa shape index (κ1) is 17.7. The van der Waals surface area contributed by atoms with Crippen LogP contribution in [0, 0.1) is 6.92 Å². The van der Waals surface area contributed by atoms with Gasteiger partial charge in [-0.3, -0.25) is 0 Å². The Kier molecular flexibility index (Phi) is 5.85. The molecule has 0 aromatic heterocycles. The van der Waals surface area contributed by atoms with Gasteiger partial charge in [-0.25, -0.2) is 0 Å². The van der Waals surface area contributed by atoms with Gasteiger partial charge >= 0.3 is 0 Å². The van der Waals surface area contributed by atoms with Crippen LogP contribution < -0.4 is 10.1 Å². The van der Waals surface area contributed by atoms with Crippen molar-refractivity contribution < 1.29 is 4.74 Å². The van der Waals surface area contributed by atoms with Gasteiger partial charge in [0.2, 0.25) is 0 Å². The first-order chi connectivity index (χ1) is 12.1. The predicted octanol–water partition coefficient (Wildman–Crippen LogP) is 6.49. The van der Waals surface area contributed by atoms with Crippen molar-refractivity contribution in [1.82, 2.24) is 0 Å². The molecular formula is C21H19Cl2NO. The minimum atomic E-state index is 0.389. The summed E-state index contributed by atoms with van der Waals surface area (Å²) in [5.74, 6) is 0.654. The number of anilines is 1. The molecule has 0 aliphatic heterocycles. The van der Waals surface area contributed by atoms with Gasteiger partial charge in [0.15, 0.2) is 0 Å². The molecule has 0 heterocycles. The van der Waals surface area contributed by atoms with E-state index in [4.69, 9.17) is 27.9 Å². The minimum absolute atomic E-state index is 0.389. The Balaban J connectivity index is 1.63. The Labute approximate surface area is 158 Å². The van der Waals surface area contributed by atoms with Crippen LogP contribution in [-0.2, 0) is 13.2 Å². The lowest BCUT2D eigenvalue weighted by Crippen LogP contribution is -2.02. The van der Waals surface area contributed by atoms with Gasteiger partial charge in [0.05, 0.1) is 5.02 Å². The second kappa shape index (κ2) is 8.28. The van der Waals surface area contributed by atoms with E-state index in [0.29, 0.717) is 28.9 Å². The van der Waals surface area contributed by atoms with E-state index in [-0.39, 0.29) is 0 Å². The second-order valence-corrected chi connectivity index (χ2v) is 6.63. The zero-order valence-corrected chi connectivity index (χ0v) is 15.4. The van der Waals surface area contributed by atoms with Crippen LogP contribution in [0.2, 0.25) is 10.0 Å². The molecule has 4 heteroatoms. The fourth-order valence-electron chi connectivity index (χ4n) is 2.51. The van der Waals surface area contributed by atoms with E-state index in [9.17, 15) is 0 Å². The summed E-state index contributed by atoms with van der Waals surface area (Å²) in [4.78, 5) is 0. The topological polar surface area (TPSA) is 21.3 Å². The summed E-state index contributed by atoms with van der Waals surface area (Å²) in [5, 5.41) is 4.71. The number of rotatable bonds is 6. The molecule has 0 bridgehead atoms. The zero-order valence-electron chi connectivity index (χ0n) is 13.9. The quantitative estimate of drug-likeness (QED) is 0.534. The van der Waals surface area contributed by atoms with E-state index in [1.807, 2.05) is 54.6 Å². The molecule has 0 atom stereocenters. The van der Waals surface area contributed by atoms with Crippen LogP contribution >= 0.6 is 23.2 Å². The fourth-order valence-corrected chi connectivity index (χ4v) is 2.96. The molecule has 0 saturated carbocycles. The average Bonchev–Trinajstić information content (AvgIpc) is 2.61. The highest BCUT2D eigenvalue weighted by Crippen LogP contribution is 2.28. The van der Waals surface area contributed by atoms with Gasteiger partial charge < -0.3 is 10.1 Å². The molecule has 3 aromatic carbocycles.